The molecule has 0 aromatic carbocycles. The minimum absolute atomic E-state index is 0. The molecule has 1 aliphatic rings. The maximum Gasteiger partial charge on any atom is 0.410 e. The Labute approximate surface area is 182 Å². The van der Waals surface area contributed by atoms with Crippen molar-refractivity contribution in [2.75, 3.05) is 36.4 Å². The van der Waals surface area contributed by atoms with Crippen LogP contribution in [0.3, 0.4) is 0 Å². The number of rotatable bonds is 3. The largest absolute Gasteiger partial charge is 0.444 e. The first-order valence-corrected chi connectivity index (χ1v) is 10.4. The Kier molecular flexibility index (Phi) is 7.53. The molecule has 158 valence electrons. The highest BCUT2D eigenvalue weighted by Crippen LogP contribution is 2.25. The number of halogens is 1. The molecular weight excluding hydrogens is 460 g/mol. The Hall–Kier alpha value is -2.27. The third-order valence-electron chi connectivity index (χ3n) is 3.88. The number of thiazole rings is 1. The molecule has 9 nitrogen and oxygen atoms in total. The van der Waals surface area contributed by atoms with Gasteiger partial charge in [0.15, 0.2) is 9.73 Å². The highest BCUT2D eigenvalue weighted by molar-refractivity contribution is 9.11. The van der Waals surface area contributed by atoms with Crippen molar-refractivity contribution in [3.63, 3.8) is 0 Å². The number of carbonyl (C=O) groups is 2. The van der Waals surface area contributed by atoms with Gasteiger partial charge in [0.25, 0.3) is 5.91 Å². The molecule has 2 aromatic rings. The van der Waals surface area contributed by atoms with Crippen molar-refractivity contribution < 1.29 is 14.3 Å². The minimum Gasteiger partial charge on any atom is -0.444 e. The first kappa shape index (κ1) is 23.0. The maximum atomic E-state index is 12.4. The van der Waals surface area contributed by atoms with E-state index in [0.29, 0.717) is 47.3 Å². The summed E-state index contributed by atoms with van der Waals surface area (Å²) in [6.45, 7) is 7.69. The number of piperazine rings is 1. The molecule has 0 spiro atoms. The molecule has 0 saturated carbocycles. The van der Waals surface area contributed by atoms with Gasteiger partial charge in [0.1, 0.15) is 23.3 Å². The summed E-state index contributed by atoms with van der Waals surface area (Å²) in [5.41, 5.74) is 0.298. The van der Waals surface area contributed by atoms with Crippen molar-refractivity contribution in [3.05, 3.63) is 27.5 Å². The second kappa shape index (κ2) is 9.49. The molecule has 0 bridgehead atoms. The molecule has 1 aliphatic heterocycles. The Morgan fingerprint density at radius 2 is 1.93 bits per heavy atom. The number of amides is 2. The third kappa shape index (κ3) is 6.10. The smallest absolute Gasteiger partial charge is 0.410 e. The van der Waals surface area contributed by atoms with E-state index in [-0.39, 0.29) is 19.4 Å². The number of hydrogen-bond donors (Lipinski definition) is 1. The molecule has 3 rings (SSSR count). The van der Waals surface area contributed by atoms with E-state index in [0.717, 1.165) is 0 Å². The van der Waals surface area contributed by atoms with Gasteiger partial charge in [-0.2, -0.15) is 0 Å². The summed E-state index contributed by atoms with van der Waals surface area (Å²) in [4.78, 5) is 40.8. The molecule has 2 amide bonds. The van der Waals surface area contributed by atoms with Crippen molar-refractivity contribution in [3.8, 4) is 0 Å². The van der Waals surface area contributed by atoms with Crippen LogP contribution in [0.5, 0.6) is 0 Å². The predicted molar refractivity (Wildman–Crippen MR) is 117 cm³/mol. The molecule has 0 unspecified atom stereocenters. The third-order valence-corrected chi connectivity index (χ3v) is 5.24. The first-order valence-electron chi connectivity index (χ1n) is 8.68. The first-order chi connectivity index (χ1) is 13.2. The van der Waals surface area contributed by atoms with Crippen LogP contribution in [0.2, 0.25) is 0 Å². The van der Waals surface area contributed by atoms with E-state index in [4.69, 9.17) is 4.74 Å². The van der Waals surface area contributed by atoms with E-state index in [1.165, 1.54) is 17.7 Å². The molecular formula is C18H25BrN6O3S. The van der Waals surface area contributed by atoms with Crippen LogP contribution in [0.25, 0.3) is 0 Å². The van der Waals surface area contributed by atoms with E-state index in [2.05, 4.69) is 36.2 Å². The second-order valence-electron chi connectivity index (χ2n) is 7.15. The van der Waals surface area contributed by atoms with E-state index < -0.39 is 5.60 Å². The van der Waals surface area contributed by atoms with E-state index in [1.807, 2.05) is 25.7 Å². The number of ether oxygens (including phenoxy) is 1. The fourth-order valence-corrected chi connectivity index (χ4v) is 3.62. The van der Waals surface area contributed by atoms with Crippen LogP contribution in [0, 0.1) is 0 Å². The molecule has 29 heavy (non-hydrogen) atoms. The number of aromatic nitrogens is 3. The highest BCUT2D eigenvalue weighted by Gasteiger charge is 2.27. The van der Waals surface area contributed by atoms with Crippen molar-refractivity contribution in [2.45, 2.75) is 33.8 Å². The van der Waals surface area contributed by atoms with Gasteiger partial charge in [-0.15, -0.1) is 11.3 Å². The van der Waals surface area contributed by atoms with Crippen LogP contribution in [-0.2, 0) is 4.74 Å². The zero-order chi connectivity index (χ0) is 20.3. The van der Waals surface area contributed by atoms with E-state index in [9.17, 15) is 9.59 Å². The Balaban J connectivity index is 0.00000300. The van der Waals surface area contributed by atoms with E-state index >= 15 is 0 Å². The monoisotopic (exact) mass is 484 g/mol. The van der Waals surface area contributed by atoms with Crippen LogP contribution in [0.15, 0.2) is 21.8 Å². The summed E-state index contributed by atoms with van der Waals surface area (Å²) in [6.07, 6.45) is 2.67. The van der Waals surface area contributed by atoms with Gasteiger partial charge in [-0.3, -0.25) is 4.79 Å². The molecule has 2 aromatic heterocycles. The molecule has 0 radical (unpaired) electrons. The number of anilines is 2. The molecule has 0 atom stereocenters. The van der Waals surface area contributed by atoms with Gasteiger partial charge in [0, 0.05) is 31.6 Å². The van der Waals surface area contributed by atoms with Crippen LogP contribution >= 0.6 is 27.3 Å². The van der Waals surface area contributed by atoms with Crippen LogP contribution < -0.4 is 10.2 Å². The number of hydrogen-bond acceptors (Lipinski definition) is 8. The molecule has 1 saturated heterocycles. The zero-order valence-electron chi connectivity index (χ0n) is 15.8. The van der Waals surface area contributed by atoms with Gasteiger partial charge in [0.05, 0.1) is 6.20 Å². The molecule has 1 N–H and O–H groups in total. The average Bonchev–Trinajstić information content (AvgIpc) is 3.07. The molecule has 0 aliphatic carbocycles. The van der Waals surface area contributed by atoms with Gasteiger partial charge < -0.3 is 19.9 Å². The summed E-state index contributed by atoms with van der Waals surface area (Å²) in [7, 11) is 0. The summed E-state index contributed by atoms with van der Waals surface area (Å²) >= 11 is 4.59. The number of nitrogens with zero attached hydrogens (tertiary/aromatic N) is 5. The normalized spacial score (nSPS) is 14.2. The zero-order valence-corrected chi connectivity index (χ0v) is 18.2. The van der Waals surface area contributed by atoms with Gasteiger partial charge in [-0.1, -0.05) is 7.43 Å². The Bertz CT molecular complexity index is 861. The van der Waals surface area contributed by atoms with Crippen molar-refractivity contribution >= 4 is 50.8 Å². The number of nitrogens with one attached hydrogen (secondary N) is 1. The second-order valence-corrected chi connectivity index (χ2v) is 9.29. The minimum atomic E-state index is -0.525. The summed E-state index contributed by atoms with van der Waals surface area (Å²) in [5.74, 6) is 0.284. The molecule has 3 heterocycles. The van der Waals surface area contributed by atoms with Crippen molar-refractivity contribution in [2.24, 2.45) is 0 Å². The van der Waals surface area contributed by atoms with Crippen molar-refractivity contribution in [1.82, 2.24) is 19.9 Å². The summed E-state index contributed by atoms with van der Waals surface area (Å²) < 4.78 is 6.06. The quantitative estimate of drug-likeness (QED) is 0.709. The maximum absolute atomic E-state index is 12.4. The average molecular weight is 485 g/mol. The molecule has 11 heteroatoms. The number of carbonyl (C=O) groups excluding carboxylic acids is 2. The van der Waals surface area contributed by atoms with Crippen LogP contribution in [0.1, 0.15) is 38.7 Å². The SMILES string of the molecule is C.CC(C)(C)OC(=O)N1CCN(c2ncncc2NC(=O)c2csc(Br)n2)CC1. The van der Waals surface area contributed by atoms with E-state index in [1.54, 1.807) is 16.5 Å². The highest BCUT2D eigenvalue weighted by atomic mass is 79.9. The lowest BCUT2D eigenvalue weighted by Crippen LogP contribution is -2.50. The van der Waals surface area contributed by atoms with Gasteiger partial charge in [0.2, 0.25) is 0 Å². The molecule has 1 fully saturated rings. The lowest BCUT2D eigenvalue weighted by Gasteiger charge is -2.36. The summed E-state index contributed by atoms with van der Waals surface area (Å²) in [6, 6.07) is 0. The van der Waals surface area contributed by atoms with Crippen LogP contribution in [0.4, 0.5) is 16.3 Å². The van der Waals surface area contributed by atoms with Gasteiger partial charge >= 0.3 is 6.09 Å². The summed E-state index contributed by atoms with van der Waals surface area (Å²) in [5, 5.41) is 4.48. The standard InChI is InChI=1S/C17H21BrN6O3S.CH4/c1-17(2,3)27-16(26)24-6-4-23(5-7-24)13-11(8-19-10-20-13)21-14(25)12-9-28-15(18)22-12;/h8-10H,4-7H2,1-3H3,(H,21,25);1H4. The van der Waals surface area contributed by atoms with Crippen LogP contribution in [-0.4, -0.2) is 63.6 Å². The lowest BCUT2D eigenvalue weighted by molar-refractivity contribution is 0.0240. The van der Waals surface area contributed by atoms with Gasteiger partial charge in [-0.25, -0.2) is 19.7 Å². The Morgan fingerprint density at radius 1 is 1.24 bits per heavy atom. The fraction of sp³-hybridized carbons (Fsp3) is 0.500. The van der Waals surface area contributed by atoms with Crippen molar-refractivity contribution in [1.29, 1.82) is 0 Å². The lowest BCUT2D eigenvalue weighted by atomic mass is 10.2. The Morgan fingerprint density at radius 3 is 2.52 bits per heavy atom. The predicted octanol–water partition coefficient (Wildman–Crippen LogP) is 3.64. The van der Waals surface area contributed by atoms with Gasteiger partial charge in [-0.05, 0) is 36.7 Å². The topological polar surface area (TPSA) is 101 Å². The fourth-order valence-electron chi connectivity index (χ4n) is 2.63.